The van der Waals surface area contributed by atoms with E-state index in [1.807, 2.05) is 0 Å². The number of esters is 1. The first kappa shape index (κ1) is 20.6. The lowest BCUT2D eigenvalue weighted by molar-refractivity contribution is -0.139. The summed E-state index contributed by atoms with van der Waals surface area (Å²) in [6.07, 6.45) is 0.685. The van der Waals surface area contributed by atoms with Crippen LogP contribution in [0.15, 0.2) is 34.4 Å². The average Bonchev–Trinajstić information content (AvgIpc) is 3.00. The number of carbonyl (C=O) groups is 2. The lowest BCUT2D eigenvalue weighted by Gasteiger charge is -2.15. The van der Waals surface area contributed by atoms with Gasteiger partial charge in [-0.3, -0.25) is 14.6 Å². The number of amides is 1. The van der Waals surface area contributed by atoms with Gasteiger partial charge in [0.05, 0.1) is 32.0 Å². The van der Waals surface area contributed by atoms with Crippen LogP contribution in [-0.4, -0.2) is 57.8 Å². The Bertz CT molecular complexity index is 727. The van der Waals surface area contributed by atoms with E-state index in [-0.39, 0.29) is 12.3 Å². The van der Waals surface area contributed by atoms with Crippen molar-refractivity contribution in [1.29, 1.82) is 0 Å². The number of hydrazone groups is 1. The molecule has 1 amide bonds. The number of aliphatic imine (C=N–C) groups is 1. The molecule has 8 heteroatoms. The number of rotatable bonds is 9. The molecule has 146 valence electrons. The molecule has 0 aliphatic carbocycles. The zero-order chi connectivity index (χ0) is 19.8. The normalized spacial score (nSPS) is 17.1. The summed E-state index contributed by atoms with van der Waals surface area (Å²) in [6.45, 7) is 2.91. The van der Waals surface area contributed by atoms with Crippen LogP contribution in [0.1, 0.15) is 19.8 Å². The van der Waals surface area contributed by atoms with Crippen LogP contribution in [0.4, 0.5) is 5.69 Å². The van der Waals surface area contributed by atoms with Gasteiger partial charge < -0.3 is 14.2 Å². The van der Waals surface area contributed by atoms with E-state index >= 15 is 0 Å². The molecule has 1 unspecified atom stereocenters. The van der Waals surface area contributed by atoms with Gasteiger partial charge in [0, 0.05) is 26.0 Å². The third kappa shape index (κ3) is 5.13. The molecular weight excluding hydrogens is 350 g/mol. The van der Waals surface area contributed by atoms with Crippen LogP contribution in [-0.2, 0) is 19.1 Å². The van der Waals surface area contributed by atoms with E-state index < -0.39 is 11.9 Å². The maximum atomic E-state index is 13.0. The summed E-state index contributed by atoms with van der Waals surface area (Å²) in [6, 6.07) is 6.97. The standard InChI is InChI=1S/C19H25N3O5/c1-13(20-10-5-11-25-2)18-16(12-17(23)27-4)21-22(19(18)24)14-6-8-15(26-3)9-7-14/h6-9,18H,5,10-12H2,1-4H3. The molecule has 8 nitrogen and oxygen atoms in total. The summed E-state index contributed by atoms with van der Waals surface area (Å²) >= 11 is 0. The first-order chi connectivity index (χ1) is 13.0. The lowest BCUT2D eigenvalue weighted by Crippen LogP contribution is -2.33. The van der Waals surface area contributed by atoms with Gasteiger partial charge in [-0.2, -0.15) is 10.1 Å². The Kier molecular flexibility index (Phi) is 7.48. The van der Waals surface area contributed by atoms with Crippen molar-refractivity contribution in [2.45, 2.75) is 19.8 Å². The Labute approximate surface area is 158 Å². The highest BCUT2D eigenvalue weighted by atomic mass is 16.5. The average molecular weight is 375 g/mol. The molecular formula is C19H25N3O5. The van der Waals surface area contributed by atoms with Gasteiger partial charge in [0.1, 0.15) is 11.7 Å². The maximum absolute atomic E-state index is 13.0. The van der Waals surface area contributed by atoms with Crippen LogP contribution in [0.3, 0.4) is 0 Å². The van der Waals surface area contributed by atoms with Crippen LogP contribution in [0.5, 0.6) is 5.75 Å². The number of hydrogen-bond acceptors (Lipinski definition) is 7. The van der Waals surface area contributed by atoms with Gasteiger partial charge >= 0.3 is 5.97 Å². The summed E-state index contributed by atoms with van der Waals surface area (Å²) < 4.78 is 14.9. The molecule has 1 aliphatic heterocycles. The zero-order valence-corrected chi connectivity index (χ0v) is 16.1. The topological polar surface area (TPSA) is 89.8 Å². The molecule has 0 radical (unpaired) electrons. The molecule has 0 fully saturated rings. The Morgan fingerprint density at radius 2 is 1.93 bits per heavy atom. The SMILES string of the molecule is COCCCN=C(C)C1C(=O)N(c2ccc(OC)cc2)N=C1CC(=O)OC. The van der Waals surface area contributed by atoms with E-state index in [2.05, 4.69) is 10.1 Å². The number of carbonyl (C=O) groups excluding carboxylic acids is 2. The number of hydrogen-bond donors (Lipinski definition) is 0. The minimum absolute atomic E-state index is 0.0650. The van der Waals surface area contributed by atoms with Gasteiger partial charge in [0.2, 0.25) is 0 Å². The van der Waals surface area contributed by atoms with E-state index in [4.69, 9.17) is 14.2 Å². The van der Waals surface area contributed by atoms with Gasteiger partial charge in [-0.15, -0.1) is 0 Å². The van der Waals surface area contributed by atoms with Crippen molar-refractivity contribution < 1.29 is 23.8 Å². The van der Waals surface area contributed by atoms with Crippen LogP contribution >= 0.6 is 0 Å². The maximum Gasteiger partial charge on any atom is 0.311 e. The third-order valence-electron chi connectivity index (χ3n) is 4.17. The fourth-order valence-electron chi connectivity index (χ4n) is 2.74. The van der Waals surface area contributed by atoms with E-state index in [1.165, 1.54) is 12.1 Å². The molecule has 1 aromatic carbocycles. The number of benzene rings is 1. The Hall–Kier alpha value is -2.74. The predicted molar refractivity (Wildman–Crippen MR) is 103 cm³/mol. The van der Waals surface area contributed by atoms with Crippen molar-refractivity contribution in [3.63, 3.8) is 0 Å². The lowest BCUT2D eigenvalue weighted by atomic mass is 9.96. The Balaban J connectivity index is 2.27. The van der Waals surface area contributed by atoms with Crippen LogP contribution < -0.4 is 9.75 Å². The summed E-state index contributed by atoms with van der Waals surface area (Å²) in [7, 11) is 4.51. The van der Waals surface area contributed by atoms with E-state index in [0.717, 1.165) is 6.42 Å². The van der Waals surface area contributed by atoms with Gasteiger partial charge in [-0.1, -0.05) is 0 Å². The first-order valence-electron chi connectivity index (χ1n) is 8.64. The molecule has 0 saturated carbocycles. The second-order valence-electron chi connectivity index (χ2n) is 5.99. The highest BCUT2D eigenvalue weighted by Gasteiger charge is 2.39. The molecule has 0 spiro atoms. The summed E-state index contributed by atoms with van der Waals surface area (Å²) in [5.41, 5.74) is 1.64. The monoisotopic (exact) mass is 375 g/mol. The largest absolute Gasteiger partial charge is 0.497 e. The molecule has 27 heavy (non-hydrogen) atoms. The molecule has 0 saturated heterocycles. The van der Waals surface area contributed by atoms with Crippen LogP contribution in [0.25, 0.3) is 0 Å². The van der Waals surface area contributed by atoms with Gasteiger partial charge in [-0.05, 0) is 37.6 Å². The van der Waals surface area contributed by atoms with Gasteiger partial charge in [0.25, 0.3) is 5.91 Å². The van der Waals surface area contributed by atoms with Crippen molar-refractivity contribution in [2.24, 2.45) is 16.0 Å². The summed E-state index contributed by atoms with van der Waals surface area (Å²) in [5.74, 6) is -0.687. The van der Waals surface area contributed by atoms with Crippen molar-refractivity contribution in [3.05, 3.63) is 24.3 Å². The molecule has 1 atom stereocenters. The quantitative estimate of drug-likeness (QED) is 0.374. The van der Waals surface area contributed by atoms with Crippen molar-refractivity contribution in [3.8, 4) is 5.75 Å². The van der Waals surface area contributed by atoms with Crippen LogP contribution in [0, 0.1) is 5.92 Å². The molecule has 0 bridgehead atoms. The molecule has 0 N–H and O–H groups in total. The number of anilines is 1. The Morgan fingerprint density at radius 3 is 2.52 bits per heavy atom. The van der Waals surface area contributed by atoms with E-state index in [0.29, 0.717) is 36.0 Å². The second kappa shape index (κ2) is 9.82. The minimum Gasteiger partial charge on any atom is -0.497 e. The fourth-order valence-corrected chi connectivity index (χ4v) is 2.74. The molecule has 0 aromatic heterocycles. The third-order valence-corrected chi connectivity index (χ3v) is 4.17. The van der Waals surface area contributed by atoms with Gasteiger partial charge in [-0.25, -0.2) is 0 Å². The fraction of sp³-hybridized carbons (Fsp3) is 0.474. The minimum atomic E-state index is -0.672. The van der Waals surface area contributed by atoms with E-state index in [1.54, 1.807) is 45.4 Å². The smallest absolute Gasteiger partial charge is 0.311 e. The van der Waals surface area contributed by atoms with E-state index in [9.17, 15) is 9.59 Å². The zero-order valence-electron chi connectivity index (χ0n) is 16.1. The highest BCUT2D eigenvalue weighted by Crippen LogP contribution is 2.28. The molecule has 2 rings (SSSR count). The van der Waals surface area contributed by atoms with Crippen LogP contribution in [0.2, 0.25) is 0 Å². The summed E-state index contributed by atoms with van der Waals surface area (Å²) in [4.78, 5) is 29.2. The van der Waals surface area contributed by atoms with Crippen molar-refractivity contribution in [1.82, 2.24) is 0 Å². The number of ether oxygens (including phenoxy) is 3. The number of methoxy groups -OCH3 is 3. The first-order valence-corrected chi connectivity index (χ1v) is 8.64. The van der Waals surface area contributed by atoms with Gasteiger partial charge in [0.15, 0.2) is 0 Å². The summed E-state index contributed by atoms with van der Waals surface area (Å²) in [5, 5.41) is 5.69. The second-order valence-corrected chi connectivity index (χ2v) is 5.99. The van der Waals surface area contributed by atoms with Crippen molar-refractivity contribution in [2.75, 3.05) is 39.5 Å². The molecule has 1 aromatic rings. The van der Waals surface area contributed by atoms with Crippen molar-refractivity contribution >= 4 is 29.0 Å². The molecule has 1 heterocycles. The molecule has 1 aliphatic rings. The Morgan fingerprint density at radius 1 is 1.22 bits per heavy atom. The number of nitrogens with zero attached hydrogens (tertiary/aromatic N) is 3. The highest BCUT2D eigenvalue weighted by molar-refractivity contribution is 6.30. The predicted octanol–water partition coefficient (Wildman–Crippen LogP) is 2.07.